The number of aromatic carboxylic acids is 1. The topological polar surface area (TPSA) is 99.2 Å². The molecule has 8 nitrogen and oxygen atoms in total. The van der Waals surface area contributed by atoms with Crippen molar-refractivity contribution >= 4 is 11.9 Å². The summed E-state index contributed by atoms with van der Waals surface area (Å²) in [6.07, 6.45) is 0. The highest BCUT2D eigenvalue weighted by Gasteiger charge is 2.13. The van der Waals surface area contributed by atoms with Crippen molar-refractivity contribution in [1.29, 1.82) is 0 Å². The third kappa shape index (κ3) is 4.94. The van der Waals surface area contributed by atoms with Crippen LogP contribution in [0, 0.1) is 13.8 Å². The van der Waals surface area contributed by atoms with Crippen LogP contribution in [0.4, 0.5) is 0 Å². The average Bonchev–Trinajstić information content (AvgIpc) is 3.10. The van der Waals surface area contributed by atoms with Crippen molar-refractivity contribution in [3.63, 3.8) is 0 Å². The van der Waals surface area contributed by atoms with E-state index in [9.17, 15) is 9.59 Å². The maximum absolute atomic E-state index is 11.4. The number of carbonyl (C=O) groups is 2. The molecule has 0 saturated carbocycles. The quantitative estimate of drug-likeness (QED) is 0.841. The fourth-order valence-electron chi connectivity index (χ4n) is 2.11. The molecule has 0 atom stereocenters. The van der Waals surface area contributed by atoms with Crippen LogP contribution in [0.15, 0.2) is 12.1 Å². The van der Waals surface area contributed by atoms with Gasteiger partial charge >= 0.3 is 11.9 Å². The Hall–Kier alpha value is -2.64. The van der Waals surface area contributed by atoms with Crippen molar-refractivity contribution in [2.45, 2.75) is 47.7 Å². The molecule has 1 N–H and O–H groups in total. The standard InChI is InChI=1S/C9H14N2O2.C7H10N2O2/c1-4-11-8(6-7(3)10-11)9(12)13-5-2;1-3-9-6(7(10)11)4-5(2)8-9/h6H,4-5H2,1-3H3;4H,3H2,1-2H3,(H,10,11). The Balaban J connectivity index is 0.000000243. The van der Waals surface area contributed by atoms with Crippen molar-refractivity contribution in [1.82, 2.24) is 19.6 Å². The molecule has 0 fully saturated rings. The van der Waals surface area contributed by atoms with Gasteiger partial charge in [0.1, 0.15) is 11.4 Å². The van der Waals surface area contributed by atoms with Crippen LogP contribution in [0.25, 0.3) is 0 Å². The summed E-state index contributed by atoms with van der Waals surface area (Å²) in [4.78, 5) is 21.9. The molecule has 8 heteroatoms. The van der Waals surface area contributed by atoms with Crippen LogP contribution < -0.4 is 0 Å². The number of ether oxygens (including phenoxy) is 1. The molecule has 132 valence electrons. The van der Waals surface area contributed by atoms with E-state index in [1.54, 1.807) is 30.7 Å². The molecular weight excluding hydrogens is 312 g/mol. The number of rotatable bonds is 5. The maximum Gasteiger partial charge on any atom is 0.356 e. The van der Waals surface area contributed by atoms with Crippen molar-refractivity contribution in [2.24, 2.45) is 0 Å². The molecule has 24 heavy (non-hydrogen) atoms. The van der Waals surface area contributed by atoms with Gasteiger partial charge in [-0.05, 0) is 46.8 Å². The van der Waals surface area contributed by atoms with Crippen LogP contribution in [0.2, 0.25) is 0 Å². The van der Waals surface area contributed by atoms with Crippen LogP contribution in [0.1, 0.15) is 53.1 Å². The van der Waals surface area contributed by atoms with E-state index in [0.29, 0.717) is 25.4 Å². The van der Waals surface area contributed by atoms with Gasteiger partial charge in [-0.3, -0.25) is 9.36 Å². The fourth-order valence-corrected chi connectivity index (χ4v) is 2.11. The number of esters is 1. The molecule has 0 aromatic carbocycles. The molecule has 0 radical (unpaired) electrons. The van der Waals surface area contributed by atoms with Gasteiger partial charge in [0, 0.05) is 13.1 Å². The zero-order valence-corrected chi connectivity index (χ0v) is 14.7. The van der Waals surface area contributed by atoms with Crippen LogP contribution in [0.3, 0.4) is 0 Å². The molecule has 0 aliphatic heterocycles. The van der Waals surface area contributed by atoms with Crippen LogP contribution in [0.5, 0.6) is 0 Å². The van der Waals surface area contributed by atoms with Gasteiger partial charge in [0.25, 0.3) is 0 Å². The minimum absolute atomic E-state index is 0.255. The second-order valence-electron chi connectivity index (χ2n) is 5.00. The number of hydrogen-bond acceptors (Lipinski definition) is 5. The Morgan fingerprint density at radius 1 is 1.00 bits per heavy atom. The third-order valence-corrected chi connectivity index (χ3v) is 3.11. The van der Waals surface area contributed by atoms with Crippen LogP contribution in [-0.4, -0.2) is 43.2 Å². The lowest BCUT2D eigenvalue weighted by Crippen LogP contribution is -2.12. The van der Waals surface area contributed by atoms with Crippen LogP contribution >= 0.6 is 0 Å². The summed E-state index contributed by atoms with van der Waals surface area (Å²) in [5.41, 5.74) is 2.36. The Morgan fingerprint density at radius 3 is 1.83 bits per heavy atom. The molecule has 0 bridgehead atoms. The first-order chi connectivity index (χ1) is 11.3. The van der Waals surface area contributed by atoms with Gasteiger partial charge in [-0.1, -0.05) is 0 Å². The fraction of sp³-hybridized carbons (Fsp3) is 0.500. The number of hydrogen-bond donors (Lipinski definition) is 1. The number of nitrogens with zero attached hydrogens (tertiary/aromatic N) is 4. The lowest BCUT2D eigenvalue weighted by Gasteiger charge is -2.02. The molecule has 2 heterocycles. The predicted molar refractivity (Wildman–Crippen MR) is 88.2 cm³/mol. The largest absolute Gasteiger partial charge is 0.477 e. The first-order valence-corrected chi connectivity index (χ1v) is 7.83. The second-order valence-corrected chi connectivity index (χ2v) is 5.00. The van der Waals surface area contributed by atoms with E-state index in [2.05, 4.69) is 10.2 Å². The monoisotopic (exact) mass is 336 g/mol. The molecule has 0 aliphatic carbocycles. The summed E-state index contributed by atoms with van der Waals surface area (Å²) in [6.45, 7) is 10.9. The summed E-state index contributed by atoms with van der Waals surface area (Å²) >= 11 is 0. The molecule has 2 aromatic rings. The average molecular weight is 336 g/mol. The Morgan fingerprint density at radius 2 is 1.46 bits per heavy atom. The minimum Gasteiger partial charge on any atom is -0.477 e. The predicted octanol–water partition coefficient (Wildman–Crippen LogP) is 2.30. The summed E-state index contributed by atoms with van der Waals surface area (Å²) in [5.74, 6) is -1.22. The van der Waals surface area contributed by atoms with E-state index in [1.165, 1.54) is 4.68 Å². The van der Waals surface area contributed by atoms with E-state index < -0.39 is 5.97 Å². The lowest BCUT2D eigenvalue weighted by atomic mass is 10.4. The van der Waals surface area contributed by atoms with Crippen molar-refractivity contribution in [2.75, 3.05) is 6.61 Å². The van der Waals surface area contributed by atoms with Gasteiger partial charge in [-0.25, -0.2) is 9.59 Å². The van der Waals surface area contributed by atoms with Crippen molar-refractivity contribution in [3.8, 4) is 0 Å². The summed E-state index contributed by atoms with van der Waals surface area (Å²) in [6, 6.07) is 3.30. The first-order valence-electron chi connectivity index (χ1n) is 7.83. The summed E-state index contributed by atoms with van der Waals surface area (Å²) < 4.78 is 8.00. The highest BCUT2D eigenvalue weighted by atomic mass is 16.5. The van der Waals surface area contributed by atoms with Gasteiger partial charge in [-0.2, -0.15) is 10.2 Å². The Bertz CT molecular complexity index is 703. The summed E-state index contributed by atoms with van der Waals surface area (Å²) in [5, 5.41) is 16.8. The van der Waals surface area contributed by atoms with E-state index in [-0.39, 0.29) is 11.7 Å². The number of carboxylic acids is 1. The third-order valence-electron chi connectivity index (χ3n) is 3.11. The highest BCUT2D eigenvalue weighted by Crippen LogP contribution is 2.05. The molecular formula is C16H24N4O4. The molecule has 2 aromatic heterocycles. The Kier molecular flexibility index (Phi) is 7.16. The zero-order valence-electron chi connectivity index (χ0n) is 14.7. The molecule has 0 unspecified atom stereocenters. The highest BCUT2D eigenvalue weighted by molar-refractivity contribution is 5.87. The number of aromatic nitrogens is 4. The molecule has 0 amide bonds. The molecule has 0 saturated heterocycles. The van der Waals surface area contributed by atoms with E-state index >= 15 is 0 Å². The molecule has 2 rings (SSSR count). The maximum atomic E-state index is 11.4. The van der Waals surface area contributed by atoms with Crippen molar-refractivity contribution in [3.05, 3.63) is 34.9 Å². The van der Waals surface area contributed by atoms with Gasteiger partial charge < -0.3 is 9.84 Å². The van der Waals surface area contributed by atoms with E-state index in [0.717, 1.165) is 11.4 Å². The van der Waals surface area contributed by atoms with Gasteiger partial charge in [0.05, 0.1) is 18.0 Å². The SMILES string of the molecule is CCOC(=O)c1cc(C)nn1CC.CCn1nc(C)cc1C(=O)O. The van der Waals surface area contributed by atoms with Crippen LogP contribution in [-0.2, 0) is 17.8 Å². The summed E-state index contributed by atoms with van der Waals surface area (Å²) in [7, 11) is 0. The lowest BCUT2D eigenvalue weighted by molar-refractivity contribution is 0.0511. The van der Waals surface area contributed by atoms with E-state index in [1.807, 2.05) is 20.8 Å². The first kappa shape index (κ1) is 19.4. The number of carboxylic acid groups (broad SMARTS) is 1. The van der Waals surface area contributed by atoms with Gasteiger partial charge in [0.2, 0.25) is 0 Å². The molecule has 0 spiro atoms. The Labute approximate surface area is 141 Å². The number of aryl methyl sites for hydroxylation is 4. The second kappa shape index (κ2) is 8.85. The normalized spacial score (nSPS) is 10.0. The smallest absolute Gasteiger partial charge is 0.356 e. The molecule has 0 aliphatic rings. The van der Waals surface area contributed by atoms with Gasteiger partial charge in [-0.15, -0.1) is 0 Å². The minimum atomic E-state index is -0.924. The zero-order chi connectivity index (χ0) is 18.3. The van der Waals surface area contributed by atoms with E-state index in [4.69, 9.17) is 9.84 Å². The van der Waals surface area contributed by atoms with Crippen molar-refractivity contribution < 1.29 is 19.4 Å². The number of carbonyl (C=O) groups excluding carboxylic acids is 1. The van der Waals surface area contributed by atoms with Gasteiger partial charge in [0.15, 0.2) is 0 Å².